The molecule has 2 fully saturated rings. The van der Waals surface area contributed by atoms with Crippen molar-refractivity contribution in [3.63, 3.8) is 0 Å². The Kier molecular flexibility index (Phi) is 6.39. The van der Waals surface area contributed by atoms with Crippen molar-refractivity contribution in [3.05, 3.63) is 53.5 Å². The zero-order valence-corrected chi connectivity index (χ0v) is 17.3. The number of anilines is 1. The van der Waals surface area contributed by atoms with E-state index in [0.717, 1.165) is 38.5 Å². The van der Waals surface area contributed by atoms with Crippen LogP contribution in [-0.4, -0.2) is 57.9 Å². The third kappa shape index (κ3) is 5.32. The van der Waals surface area contributed by atoms with Crippen molar-refractivity contribution in [1.29, 1.82) is 0 Å². The van der Waals surface area contributed by atoms with Gasteiger partial charge >= 0.3 is 0 Å². The Morgan fingerprint density at radius 3 is 2.48 bits per heavy atom. The molecule has 29 heavy (non-hydrogen) atoms. The van der Waals surface area contributed by atoms with Crippen molar-refractivity contribution < 1.29 is 4.79 Å². The van der Waals surface area contributed by atoms with Gasteiger partial charge in [-0.1, -0.05) is 49.6 Å². The zero-order chi connectivity index (χ0) is 20.1. The van der Waals surface area contributed by atoms with Crippen molar-refractivity contribution in [1.82, 2.24) is 19.8 Å². The van der Waals surface area contributed by atoms with E-state index in [4.69, 9.17) is 0 Å². The molecule has 0 bridgehead atoms. The lowest BCUT2D eigenvalue weighted by atomic mass is 9.95. The molecular formula is C23H31N5O. The highest BCUT2D eigenvalue weighted by Crippen LogP contribution is 2.21. The molecule has 1 aliphatic carbocycles. The smallest absolute Gasteiger partial charge is 0.272 e. The summed E-state index contributed by atoms with van der Waals surface area (Å²) in [5.41, 5.74) is 1.82. The van der Waals surface area contributed by atoms with Gasteiger partial charge in [0.15, 0.2) is 0 Å². The Hall–Kier alpha value is -2.47. The minimum Gasteiger partial charge on any atom is -0.367 e. The van der Waals surface area contributed by atoms with Gasteiger partial charge in [0.1, 0.15) is 17.3 Å². The van der Waals surface area contributed by atoms with Crippen LogP contribution in [0.25, 0.3) is 0 Å². The minimum atomic E-state index is 0.0153. The van der Waals surface area contributed by atoms with Crippen LogP contribution >= 0.6 is 0 Å². The number of hydrogen-bond acceptors (Lipinski definition) is 5. The summed E-state index contributed by atoms with van der Waals surface area (Å²) in [6, 6.07) is 12.8. The molecule has 0 unspecified atom stereocenters. The van der Waals surface area contributed by atoms with Crippen LogP contribution in [0.15, 0.2) is 36.4 Å². The molecule has 1 amide bonds. The highest BCUT2D eigenvalue weighted by atomic mass is 16.2. The fourth-order valence-electron chi connectivity index (χ4n) is 4.32. The molecule has 0 atom stereocenters. The summed E-state index contributed by atoms with van der Waals surface area (Å²) in [5.74, 6) is 1.45. The fourth-order valence-corrected chi connectivity index (χ4v) is 4.32. The fraction of sp³-hybridized carbons (Fsp3) is 0.522. The SMILES string of the molecule is Cc1nc(NC2CCCCC2)cc(C(=O)N2CCN(Cc3ccccc3)CC2)n1. The predicted octanol–water partition coefficient (Wildman–Crippen LogP) is 3.49. The molecule has 1 N–H and O–H groups in total. The number of aryl methyl sites for hydroxylation is 1. The molecule has 0 radical (unpaired) electrons. The highest BCUT2D eigenvalue weighted by molar-refractivity contribution is 5.93. The lowest BCUT2D eigenvalue weighted by molar-refractivity contribution is 0.0622. The van der Waals surface area contributed by atoms with Gasteiger partial charge in [-0.05, 0) is 25.3 Å². The molecular weight excluding hydrogens is 362 g/mol. The minimum absolute atomic E-state index is 0.0153. The summed E-state index contributed by atoms with van der Waals surface area (Å²) in [5, 5.41) is 3.52. The van der Waals surface area contributed by atoms with Gasteiger partial charge in [0, 0.05) is 44.8 Å². The number of benzene rings is 1. The van der Waals surface area contributed by atoms with Crippen LogP contribution < -0.4 is 5.32 Å². The molecule has 1 aromatic carbocycles. The molecule has 0 spiro atoms. The standard InChI is InChI=1S/C23H31N5O/c1-18-24-21(16-22(25-18)26-20-10-6-3-7-11-20)23(29)28-14-12-27(13-15-28)17-19-8-4-2-5-9-19/h2,4-5,8-9,16,20H,3,6-7,10-15,17H2,1H3,(H,24,25,26). The average molecular weight is 394 g/mol. The Balaban J connectivity index is 1.35. The van der Waals surface area contributed by atoms with Gasteiger partial charge in [0.25, 0.3) is 5.91 Å². The number of nitrogens with one attached hydrogen (secondary N) is 1. The molecule has 6 heteroatoms. The van der Waals surface area contributed by atoms with Crippen LogP contribution in [0.4, 0.5) is 5.82 Å². The number of carbonyl (C=O) groups is 1. The Bertz CT molecular complexity index is 811. The summed E-state index contributed by atoms with van der Waals surface area (Å²) in [6.07, 6.45) is 6.20. The van der Waals surface area contributed by atoms with E-state index in [2.05, 4.69) is 44.5 Å². The van der Waals surface area contributed by atoms with Gasteiger partial charge in [-0.3, -0.25) is 9.69 Å². The summed E-state index contributed by atoms with van der Waals surface area (Å²) in [6.45, 7) is 6.04. The van der Waals surface area contributed by atoms with E-state index < -0.39 is 0 Å². The molecule has 4 rings (SSSR count). The monoisotopic (exact) mass is 393 g/mol. The Morgan fingerprint density at radius 2 is 1.76 bits per heavy atom. The topological polar surface area (TPSA) is 61.4 Å². The van der Waals surface area contributed by atoms with Gasteiger partial charge in [0.05, 0.1) is 0 Å². The first-order valence-electron chi connectivity index (χ1n) is 10.9. The lowest BCUT2D eigenvalue weighted by Gasteiger charge is -2.34. The molecule has 6 nitrogen and oxygen atoms in total. The Morgan fingerprint density at radius 1 is 1.03 bits per heavy atom. The predicted molar refractivity (Wildman–Crippen MR) is 115 cm³/mol. The first kappa shape index (κ1) is 19.8. The van der Waals surface area contributed by atoms with E-state index in [0.29, 0.717) is 17.6 Å². The van der Waals surface area contributed by atoms with Crippen molar-refractivity contribution in [2.45, 2.75) is 51.6 Å². The Labute approximate surface area is 173 Å². The summed E-state index contributed by atoms with van der Waals surface area (Å²) in [4.78, 5) is 26.3. The molecule has 2 aromatic rings. The highest BCUT2D eigenvalue weighted by Gasteiger charge is 2.24. The van der Waals surface area contributed by atoms with Gasteiger partial charge in [-0.15, -0.1) is 0 Å². The van der Waals surface area contributed by atoms with Crippen molar-refractivity contribution in [3.8, 4) is 0 Å². The first-order chi connectivity index (χ1) is 14.2. The number of nitrogens with zero attached hydrogens (tertiary/aromatic N) is 4. The molecule has 2 heterocycles. The molecule has 1 aromatic heterocycles. The van der Waals surface area contributed by atoms with Crippen LogP contribution in [-0.2, 0) is 6.54 Å². The largest absolute Gasteiger partial charge is 0.367 e. The second-order valence-corrected chi connectivity index (χ2v) is 8.22. The van der Waals surface area contributed by atoms with E-state index in [1.165, 1.54) is 37.7 Å². The average Bonchev–Trinajstić information content (AvgIpc) is 2.75. The molecule has 154 valence electrons. The van der Waals surface area contributed by atoms with Crippen LogP contribution in [0.2, 0.25) is 0 Å². The summed E-state index contributed by atoms with van der Waals surface area (Å²) < 4.78 is 0. The molecule has 1 aliphatic heterocycles. The third-order valence-electron chi connectivity index (χ3n) is 5.92. The molecule has 2 aliphatic rings. The number of aromatic nitrogens is 2. The number of rotatable bonds is 5. The van der Waals surface area contributed by atoms with E-state index in [9.17, 15) is 4.79 Å². The summed E-state index contributed by atoms with van der Waals surface area (Å²) in [7, 11) is 0. The number of piperazine rings is 1. The maximum atomic E-state index is 13.1. The summed E-state index contributed by atoms with van der Waals surface area (Å²) >= 11 is 0. The van der Waals surface area contributed by atoms with Crippen LogP contribution in [0.3, 0.4) is 0 Å². The van der Waals surface area contributed by atoms with Gasteiger partial charge in [-0.2, -0.15) is 0 Å². The lowest BCUT2D eigenvalue weighted by Crippen LogP contribution is -2.48. The third-order valence-corrected chi connectivity index (χ3v) is 5.92. The normalized spacial score (nSPS) is 18.6. The second kappa shape index (κ2) is 9.35. The van der Waals surface area contributed by atoms with E-state index in [1.807, 2.05) is 24.0 Å². The first-order valence-corrected chi connectivity index (χ1v) is 10.9. The van der Waals surface area contributed by atoms with Crippen molar-refractivity contribution in [2.75, 3.05) is 31.5 Å². The van der Waals surface area contributed by atoms with E-state index >= 15 is 0 Å². The van der Waals surface area contributed by atoms with Crippen LogP contribution in [0.1, 0.15) is 54.0 Å². The van der Waals surface area contributed by atoms with Gasteiger partial charge < -0.3 is 10.2 Å². The maximum Gasteiger partial charge on any atom is 0.272 e. The van der Waals surface area contributed by atoms with Gasteiger partial charge in [-0.25, -0.2) is 9.97 Å². The molecule has 1 saturated carbocycles. The van der Waals surface area contributed by atoms with Crippen molar-refractivity contribution >= 4 is 11.7 Å². The second-order valence-electron chi connectivity index (χ2n) is 8.22. The number of hydrogen-bond donors (Lipinski definition) is 1. The van der Waals surface area contributed by atoms with Gasteiger partial charge in [0.2, 0.25) is 0 Å². The number of carbonyl (C=O) groups excluding carboxylic acids is 1. The maximum absolute atomic E-state index is 13.1. The van der Waals surface area contributed by atoms with Crippen molar-refractivity contribution in [2.24, 2.45) is 0 Å². The zero-order valence-electron chi connectivity index (χ0n) is 17.3. The number of amides is 1. The van der Waals surface area contributed by atoms with Crippen LogP contribution in [0.5, 0.6) is 0 Å². The van der Waals surface area contributed by atoms with E-state index in [1.54, 1.807) is 0 Å². The quantitative estimate of drug-likeness (QED) is 0.843. The van der Waals surface area contributed by atoms with E-state index in [-0.39, 0.29) is 5.91 Å². The molecule has 1 saturated heterocycles. The van der Waals surface area contributed by atoms with Crippen LogP contribution in [0, 0.1) is 6.92 Å².